The van der Waals surface area contributed by atoms with Crippen molar-refractivity contribution in [2.75, 3.05) is 6.61 Å². The Morgan fingerprint density at radius 2 is 2.04 bits per heavy atom. The molecule has 0 radical (unpaired) electrons. The number of aromatic nitrogens is 2. The lowest BCUT2D eigenvalue weighted by Gasteiger charge is -2.49. The molecule has 2 aliphatic carbocycles. The number of nitriles is 1. The molecule has 2 unspecified atom stereocenters. The highest BCUT2D eigenvalue weighted by Gasteiger charge is 2.61. The van der Waals surface area contributed by atoms with Crippen molar-refractivity contribution >= 4 is 11.0 Å². The Balaban J connectivity index is 1.72. The summed E-state index contributed by atoms with van der Waals surface area (Å²) in [6.07, 6.45) is 6.48. The summed E-state index contributed by atoms with van der Waals surface area (Å²) in [7, 11) is 0. The summed E-state index contributed by atoms with van der Waals surface area (Å²) >= 11 is 0. The highest BCUT2D eigenvalue weighted by Crippen LogP contribution is 2.67. The lowest BCUT2D eigenvalue weighted by atomic mass is 9.60. The molecule has 5 heteroatoms. The maximum absolute atomic E-state index is 10.7. The van der Waals surface area contributed by atoms with Gasteiger partial charge in [-0.3, -0.25) is 0 Å². The van der Waals surface area contributed by atoms with Gasteiger partial charge in [-0.2, -0.15) is 5.26 Å². The second kappa shape index (κ2) is 5.05. The van der Waals surface area contributed by atoms with E-state index in [1.54, 1.807) is 6.07 Å². The fourth-order valence-electron chi connectivity index (χ4n) is 4.77. The first kappa shape index (κ1) is 15.6. The number of rotatable bonds is 3. The average molecular weight is 325 g/mol. The molecule has 2 saturated carbocycles. The van der Waals surface area contributed by atoms with E-state index in [4.69, 9.17) is 5.26 Å². The Morgan fingerprint density at radius 1 is 1.29 bits per heavy atom. The van der Waals surface area contributed by atoms with Gasteiger partial charge in [-0.25, -0.2) is 4.98 Å². The minimum Gasteiger partial charge on any atom is -0.393 e. The number of hydrogen-bond acceptors (Lipinski definition) is 4. The summed E-state index contributed by atoms with van der Waals surface area (Å²) in [5.74, 6) is 0. The van der Waals surface area contributed by atoms with E-state index in [-0.39, 0.29) is 17.4 Å². The Hall–Kier alpha value is -1.90. The SMILES string of the molecule is CC1(Cn2cnc3ccc(C#N)cc32)CC(O)(CO)CCC12CC2. The van der Waals surface area contributed by atoms with E-state index in [0.717, 1.165) is 24.0 Å². The number of hydrogen-bond donors (Lipinski definition) is 2. The van der Waals surface area contributed by atoms with Gasteiger partial charge in [-0.15, -0.1) is 0 Å². The highest BCUT2D eigenvalue weighted by molar-refractivity contribution is 5.77. The minimum atomic E-state index is -0.975. The van der Waals surface area contributed by atoms with Gasteiger partial charge in [0.05, 0.1) is 41.2 Å². The molecule has 0 amide bonds. The van der Waals surface area contributed by atoms with Crippen LogP contribution in [0.1, 0.15) is 44.6 Å². The maximum atomic E-state index is 10.7. The number of aliphatic hydroxyl groups excluding tert-OH is 1. The standard InChI is InChI=1S/C19H23N3O2/c1-17(10-19(24,12-23)7-6-18(17)4-5-18)11-22-13-21-15-3-2-14(9-20)8-16(15)22/h2-3,8,13,23-24H,4-7,10-12H2,1H3. The average Bonchev–Trinajstić information content (AvgIpc) is 3.29. The first-order valence-electron chi connectivity index (χ1n) is 8.61. The van der Waals surface area contributed by atoms with Crippen molar-refractivity contribution in [3.63, 3.8) is 0 Å². The van der Waals surface area contributed by atoms with Crippen LogP contribution in [0, 0.1) is 22.2 Å². The summed E-state index contributed by atoms with van der Waals surface area (Å²) in [4.78, 5) is 4.46. The smallest absolute Gasteiger partial charge is 0.0992 e. The van der Waals surface area contributed by atoms with Crippen molar-refractivity contribution < 1.29 is 10.2 Å². The molecule has 1 spiro atoms. The Morgan fingerprint density at radius 3 is 2.71 bits per heavy atom. The summed E-state index contributed by atoms with van der Waals surface area (Å²) in [5, 5.41) is 29.5. The predicted molar refractivity (Wildman–Crippen MR) is 90.1 cm³/mol. The molecule has 0 bridgehead atoms. The molecule has 2 fully saturated rings. The zero-order chi connectivity index (χ0) is 17.0. The van der Waals surface area contributed by atoms with Crippen molar-refractivity contribution in [1.82, 2.24) is 9.55 Å². The first-order valence-corrected chi connectivity index (χ1v) is 8.61. The molecule has 2 atom stereocenters. The van der Waals surface area contributed by atoms with Crippen LogP contribution in [-0.4, -0.2) is 32.0 Å². The van der Waals surface area contributed by atoms with Gasteiger partial charge in [0.25, 0.3) is 0 Å². The van der Waals surface area contributed by atoms with E-state index in [0.29, 0.717) is 18.4 Å². The molecule has 1 aromatic heterocycles. The first-order chi connectivity index (χ1) is 11.4. The van der Waals surface area contributed by atoms with E-state index >= 15 is 0 Å². The normalized spacial score (nSPS) is 31.2. The van der Waals surface area contributed by atoms with Crippen LogP contribution in [0.2, 0.25) is 0 Å². The molecule has 1 aromatic carbocycles. The molecule has 0 aliphatic heterocycles. The third-order valence-electron chi connectivity index (χ3n) is 6.49. The maximum Gasteiger partial charge on any atom is 0.0992 e. The van der Waals surface area contributed by atoms with Gasteiger partial charge in [-0.05, 0) is 61.1 Å². The lowest BCUT2D eigenvalue weighted by Crippen LogP contribution is -2.50. The molecule has 126 valence electrons. The molecule has 2 aromatic rings. The molecular formula is C19H23N3O2. The van der Waals surface area contributed by atoms with Gasteiger partial charge >= 0.3 is 0 Å². The van der Waals surface area contributed by atoms with Crippen molar-refractivity contribution in [3.05, 3.63) is 30.1 Å². The summed E-state index contributed by atoms with van der Waals surface area (Å²) < 4.78 is 2.11. The monoisotopic (exact) mass is 325 g/mol. The quantitative estimate of drug-likeness (QED) is 0.909. The molecule has 2 N–H and O–H groups in total. The minimum absolute atomic E-state index is 0.0843. The van der Waals surface area contributed by atoms with Crippen LogP contribution in [0.5, 0.6) is 0 Å². The summed E-state index contributed by atoms with van der Waals surface area (Å²) in [6.45, 7) is 2.81. The van der Waals surface area contributed by atoms with Crippen LogP contribution in [0.4, 0.5) is 0 Å². The molecule has 24 heavy (non-hydrogen) atoms. The van der Waals surface area contributed by atoms with E-state index in [1.165, 1.54) is 12.8 Å². The zero-order valence-electron chi connectivity index (χ0n) is 14.0. The second-order valence-electron chi connectivity index (χ2n) is 8.09. The molecule has 5 nitrogen and oxygen atoms in total. The van der Waals surface area contributed by atoms with Gasteiger partial charge in [-0.1, -0.05) is 6.92 Å². The number of fused-ring (bicyclic) bond motifs is 1. The van der Waals surface area contributed by atoms with E-state index in [1.807, 2.05) is 18.5 Å². The van der Waals surface area contributed by atoms with Crippen LogP contribution in [0.3, 0.4) is 0 Å². The summed E-state index contributed by atoms with van der Waals surface area (Å²) in [6, 6.07) is 7.73. The Bertz CT molecular complexity index is 833. The Labute approximate surface area is 141 Å². The second-order valence-corrected chi connectivity index (χ2v) is 8.09. The van der Waals surface area contributed by atoms with Crippen molar-refractivity contribution in [2.24, 2.45) is 10.8 Å². The van der Waals surface area contributed by atoms with E-state index < -0.39 is 5.60 Å². The van der Waals surface area contributed by atoms with Gasteiger partial charge in [0.15, 0.2) is 0 Å². The fourth-order valence-corrected chi connectivity index (χ4v) is 4.77. The van der Waals surface area contributed by atoms with Crippen molar-refractivity contribution in [1.29, 1.82) is 5.26 Å². The van der Waals surface area contributed by atoms with Crippen LogP contribution >= 0.6 is 0 Å². The molecule has 0 saturated heterocycles. The molecule has 4 rings (SSSR count). The topological polar surface area (TPSA) is 82.1 Å². The number of imidazole rings is 1. The fraction of sp³-hybridized carbons (Fsp3) is 0.579. The van der Waals surface area contributed by atoms with Crippen molar-refractivity contribution in [2.45, 2.75) is 51.2 Å². The molecular weight excluding hydrogens is 302 g/mol. The third-order valence-corrected chi connectivity index (χ3v) is 6.49. The predicted octanol–water partition coefficient (Wildman–Crippen LogP) is 2.60. The van der Waals surface area contributed by atoms with E-state index in [2.05, 4.69) is 22.5 Å². The molecule has 2 aliphatic rings. The third kappa shape index (κ3) is 2.25. The largest absolute Gasteiger partial charge is 0.393 e. The number of aliphatic hydroxyl groups is 2. The van der Waals surface area contributed by atoms with Gasteiger partial charge in [0.1, 0.15) is 0 Å². The molecule has 1 heterocycles. The number of nitrogens with zero attached hydrogens (tertiary/aromatic N) is 3. The van der Waals surface area contributed by atoms with Crippen LogP contribution in [-0.2, 0) is 6.54 Å². The summed E-state index contributed by atoms with van der Waals surface area (Å²) in [5.41, 5.74) is 1.69. The number of benzene rings is 1. The van der Waals surface area contributed by atoms with Gasteiger partial charge in [0, 0.05) is 6.54 Å². The lowest BCUT2D eigenvalue weighted by molar-refractivity contribution is -0.112. The van der Waals surface area contributed by atoms with Crippen LogP contribution in [0.25, 0.3) is 11.0 Å². The van der Waals surface area contributed by atoms with Gasteiger partial charge < -0.3 is 14.8 Å². The highest BCUT2D eigenvalue weighted by atomic mass is 16.3. The van der Waals surface area contributed by atoms with E-state index in [9.17, 15) is 10.2 Å². The van der Waals surface area contributed by atoms with Crippen LogP contribution < -0.4 is 0 Å². The van der Waals surface area contributed by atoms with Crippen LogP contribution in [0.15, 0.2) is 24.5 Å². The zero-order valence-corrected chi connectivity index (χ0v) is 14.0. The van der Waals surface area contributed by atoms with Gasteiger partial charge in [0.2, 0.25) is 0 Å². The Kier molecular flexibility index (Phi) is 3.28. The van der Waals surface area contributed by atoms with Crippen molar-refractivity contribution in [3.8, 4) is 6.07 Å².